The number of benzene rings is 2. The van der Waals surface area contributed by atoms with Gasteiger partial charge < -0.3 is 29.2 Å². The summed E-state index contributed by atoms with van der Waals surface area (Å²) in [6, 6.07) is 14.5. The summed E-state index contributed by atoms with van der Waals surface area (Å²) in [5, 5.41) is 3.03. The smallest absolute Gasteiger partial charge is 0.410 e. The summed E-state index contributed by atoms with van der Waals surface area (Å²) in [5.41, 5.74) is 1.41. The second-order valence-corrected chi connectivity index (χ2v) is 7.86. The molecule has 1 atom stereocenters. The van der Waals surface area contributed by atoms with Crippen molar-refractivity contribution in [3.8, 4) is 11.5 Å². The first kappa shape index (κ1) is 24.4. The maximum absolute atomic E-state index is 12.9. The van der Waals surface area contributed by atoms with Gasteiger partial charge in [-0.15, -0.1) is 0 Å². The monoisotopic (exact) mass is 456 g/mol. The minimum atomic E-state index is -0.367. The number of carbonyl (C=O) groups excluding carboxylic acids is 2. The maximum Gasteiger partial charge on any atom is 0.410 e. The Morgan fingerprint density at radius 2 is 1.88 bits per heavy atom. The number of piperidine rings is 1. The molecule has 1 aliphatic rings. The van der Waals surface area contributed by atoms with E-state index in [0.29, 0.717) is 43.4 Å². The van der Waals surface area contributed by atoms with Crippen LogP contribution in [0.4, 0.5) is 4.79 Å². The van der Waals surface area contributed by atoms with Crippen molar-refractivity contribution in [2.24, 2.45) is 0 Å². The summed E-state index contributed by atoms with van der Waals surface area (Å²) in [6.07, 6.45) is 1.95. The molecule has 1 saturated heterocycles. The van der Waals surface area contributed by atoms with E-state index >= 15 is 0 Å². The van der Waals surface area contributed by atoms with Crippen molar-refractivity contribution < 1.29 is 28.5 Å². The van der Waals surface area contributed by atoms with E-state index in [1.54, 1.807) is 37.3 Å². The van der Waals surface area contributed by atoms with Gasteiger partial charge in [0.05, 0.1) is 13.7 Å². The van der Waals surface area contributed by atoms with Crippen molar-refractivity contribution in [1.29, 1.82) is 0 Å². The Hall–Kier alpha value is -3.26. The highest BCUT2D eigenvalue weighted by Gasteiger charge is 2.26. The number of carbonyl (C=O) groups is 2. The van der Waals surface area contributed by atoms with Gasteiger partial charge in [-0.25, -0.2) is 4.79 Å². The molecule has 2 amide bonds. The van der Waals surface area contributed by atoms with Gasteiger partial charge >= 0.3 is 6.09 Å². The molecule has 0 bridgehead atoms. The van der Waals surface area contributed by atoms with Crippen LogP contribution >= 0.6 is 0 Å². The minimum absolute atomic E-state index is 0.149. The highest BCUT2D eigenvalue weighted by Crippen LogP contribution is 2.28. The van der Waals surface area contributed by atoms with Crippen LogP contribution in [0, 0.1) is 0 Å². The molecule has 1 N–H and O–H groups in total. The van der Waals surface area contributed by atoms with Gasteiger partial charge in [0.2, 0.25) is 0 Å². The predicted molar refractivity (Wildman–Crippen MR) is 124 cm³/mol. The van der Waals surface area contributed by atoms with Crippen LogP contribution < -0.4 is 14.8 Å². The van der Waals surface area contributed by atoms with Gasteiger partial charge in [-0.3, -0.25) is 4.79 Å². The fourth-order valence-electron chi connectivity index (χ4n) is 3.66. The first-order chi connectivity index (χ1) is 16.1. The first-order valence-electron chi connectivity index (χ1n) is 11.2. The fraction of sp³-hybridized carbons (Fsp3) is 0.440. The lowest BCUT2D eigenvalue weighted by atomic mass is 10.1. The Balaban J connectivity index is 1.54. The lowest BCUT2D eigenvalue weighted by molar-refractivity contribution is 0.0769. The van der Waals surface area contributed by atoms with Crippen LogP contribution in [0.1, 0.15) is 35.2 Å². The lowest BCUT2D eigenvalue weighted by Crippen LogP contribution is -2.49. The average molecular weight is 457 g/mol. The number of likely N-dealkylation sites (tertiary alicyclic amines) is 1. The Labute approximate surface area is 194 Å². The van der Waals surface area contributed by atoms with Gasteiger partial charge in [-0.05, 0) is 36.6 Å². The molecule has 1 fully saturated rings. The third-order valence-electron chi connectivity index (χ3n) is 5.40. The molecule has 1 aliphatic heterocycles. The third kappa shape index (κ3) is 7.39. The fourth-order valence-corrected chi connectivity index (χ4v) is 3.66. The molecule has 178 valence electrons. The molecule has 0 aliphatic carbocycles. The van der Waals surface area contributed by atoms with Crippen molar-refractivity contribution in [2.75, 3.05) is 40.5 Å². The summed E-state index contributed by atoms with van der Waals surface area (Å²) in [4.78, 5) is 27.0. The number of ether oxygens (including phenoxy) is 4. The molecule has 2 aromatic rings. The molecule has 33 heavy (non-hydrogen) atoms. The zero-order valence-electron chi connectivity index (χ0n) is 19.2. The van der Waals surface area contributed by atoms with Gasteiger partial charge in [0, 0.05) is 44.8 Å². The molecular weight excluding hydrogens is 424 g/mol. The van der Waals surface area contributed by atoms with E-state index < -0.39 is 0 Å². The van der Waals surface area contributed by atoms with E-state index in [0.717, 1.165) is 24.8 Å². The molecule has 3 rings (SSSR count). The first-order valence-corrected chi connectivity index (χ1v) is 11.2. The molecule has 8 heteroatoms. The number of nitrogens with one attached hydrogen (secondary N) is 1. The maximum atomic E-state index is 12.9. The lowest BCUT2D eigenvalue weighted by Gasteiger charge is -2.32. The Morgan fingerprint density at radius 3 is 2.64 bits per heavy atom. The standard InChI is InChI=1S/C25H32N2O6/c1-30-14-7-15-32-23-16-20(11-12-22(23)31-2)24(28)26-21-10-6-13-27(17-21)25(29)33-18-19-8-4-3-5-9-19/h3-5,8-9,11-12,16,21H,6-7,10,13-15,17-18H2,1-2H3,(H,26,28)/t21-/m1/s1. The summed E-state index contributed by atoms with van der Waals surface area (Å²) in [7, 11) is 3.20. The number of amides is 2. The molecular formula is C25H32N2O6. The van der Waals surface area contributed by atoms with Gasteiger partial charge in [-0.2, -0.15) is 0 Å². The number of methoxy groups -OCH3 is 2. The molecule has 0 radical (unpaired) electrons. The highest BCUT2D eigenvalue weighted by atomic mass is 16.6. The van der Waals surface area contributed by atoms with Crippen LogP contribution in [0.5, 0.6) is 11.5 Å². The van der Waals surface area contributed by atoms with Crippen LogP contribution in [-0.4, -0.2) is 63.5 Å². The number of hydrogen-bond acceptors (Lipinski definition) is 6. The molecule has 0 spiro atoms. The van der Waals surface area contributed by atoms with Gasteiger partial charge in [0.15, 0.2) is 11.5 Å². The van der Waals surface area contributed by atoms with Crippen molar-refractivity contribution in [2.45, 2.75) is 31.9 Å². The quantitative estimate of drug-likeness (QED) is 0.550. The van der Waals surface area contributed by atoms with E-state index in [-0.39, 0.29) is 24.6 Å². The van der Waals surface area contributed by atoms with Crippen molar-refractivity contribution >= 4 is 12.0 Å². The molecule has 8 nitrogen and oxygen atoms in total. The molecule has 0 saturated carbocycles. The minimum Gasteiger partial charge on any atom is -0.493 e. The Bertz CT molecular complexity index is 905. The van der Waals surface area contributed by atoms with E-state index in [1.807, 2.05) is 30.3 Å². The number of rotatable bonds is 10. The van der Waals surface area contributed by atoms with Crippen LogP contribution in [0.15, 0.2) is 48.5 Å². The summed E-state index contributed by atoms with van der Waals surface area (Å²) in [5.74, 6) is 0.855. The predicted octanol–water partition coefficient (Wildman–Crippen LogP) is 3.64. The van der Waals surface area contributed by atoms with Crippen molar-refractivity contribution in [3.63, 3.8) is 0 Å². The van der Waals surface area contributed by atoms with E-state index in [2.05, 4.69) is 5.32 Å². The molecule has 1 heterocycles. The number of hydrogen-bond donors (Lipinski definition) is 1. The summed E-state index contributed by atoms with van der Waals surface area (Å²) in [6.45, 7) is 2.30. The normalized spacial score (nSPS) is 15.6. The van der Waals surface area contributed by atoms with Gasteiger partial charge in [0.25, 0.3) is 5.91 Å². The Morgan fingerprint density at radius 1 is 1.06 bits per heavy atom. The second kappa shape index (κ2) is 12.7. The van der Waals surface area contributed by atoms with E-state index in [4.69, 9.17) is 18.9 Å². The van der Waals surface area contributed by atoms with E-state index in [9.17, 15) is 9.59 Å². The highest BCUT2D eigenvalue weighted by molar-refractivity contribution is 5.95. The zero-order valence-corrected chi connectivity index (χ0v) is 19.2. The van der Waals surface area contributed by atoms with Crippen LogP contribution in [-0.2, 0) is 16.1 Å². The van der Waals surface area contributed by atoms with Crippen LogP contribution in [0.3, 0.4) is 0 Å². The zero-order chi connectivity index (χ0) is 23.5. The largest absolute Gasteiger partial charge is 0.493 e. The number of nitrogens with zero attached hydrogens (tertiary/aromatic N) is 1. The van der Waals surface area contributed by atoms with Gasteiger partial charge in [0.1, 0.15) is 6.61 Å². The van der Waals surface area contributed by atoms with Crippen LogP contribution in [0.2, 0.25) is 0 Å². The second-order valence-electron chi connectivity index (χ2n) is 7.86. The van der Waals surface area contributed by atoms with E-state index in [1.165, 1.54) is 0 Å². The average Bonchev–Trinajstić information content (AvgIpc) is 2.85. The van der Waals surface area contributed by atoms with Crippen molar-refractivity contribution in [1.82, 2.24) is 10.2 Å². The summed E-state index contributed by atoms with van der Waals surface area (Å²) < 4.78 is 21.6. The van der Waals surface area contributed by atoms with Crippen LogP contribution in [0.25, 0.3) is 0 Å². The molecule has 2 aromatic carbocycles. The topological polar surface area (TPSA) is 86.3 Å². The Kier molecular flexibility index (Phi) is 9.38. The molecule has 0 unspecified atom stereocenters. The van der Waals surface area contributed by atoms with Gasteiger partial charge in [-0.1, -0.05) is 30.3 Å². The van der Waals surface area contributed by atoms with Crippen molar-refractivity contribution in [3.05, 3.63) is 59.7 Å². The SMILES string of the molecule is COCCCOc1cc(C(=O)N[C@@H]2CCCN(C(=O)OCc3ccccc3)C2)ccc1OC. The molecule has 0 aromatic heterocycles. The third-order valence-corrected chi connectivity index (χ3v) is 5.40. The summed E-state index contributed by atoms with van der Waals surface area (Å²) >= 11 is 0.